The summed E-state index contributed by atoms with van der Waals surface area (Å²) in [5.74, 6) is 0. The molecule has 0 unspecified atom stereocenters. The van der Waals surface area contributed by atoms with E-state index >= 15 is 0 Å². The quantitative estimate of drug-likeness (QED) is 0.738. The van der Waals surface area contributed by atoms with E-state index in [0.29, 0.717) is 4.77 Å². The summed E-state index contributed by atoms with van der Waals surface area (Å²) in [5.41, 5.74) is 0. The number of nitrogens with one attached hydrogen (secondary N) is 1. The van der Waals surface area contributed by atoms with E-state index in [1.807, 2.05) is 21.5 Å². The highest BCUT2D eigenvalue weighted by Crippen LogP contribution is 1.91. The normalized spacial score (nSPS) is 10.5. The van der Waals surface area contributed by atoms with E-state index in [-0.39, 0.29) is 0 Å². The van der Waals surface area contributed by atoms with Gasteiger partial charge in [0.1, 0.15) is 6.33 Å². The molecule has 2 aromatic heterocycles. The van der Waals surface area contributed by atoms with Crippen molar-refractivity contribution in [1.82, 2.24) is 24.5 Å². The van der Waals surface area contributed by atoms with Gasteiger partial charge >= 0.3 is 0 Å². The van der Waals surface area contributed by atoms with Crippen LogP contribution in [-0.2, 0) is 13.1 Å². The average Bonchev–Trinajstić information content (AvgIpc) is 2.72. The van der Waals surface area contributed by atoms with Crippen molar-refractivity contribution < 1.29 is 0 Å². The van der Waals surface area contributed by atoms with Crippen LogP contribution in [0.25, 0.3) is 0 Å². The zero-order valence-corrected chi connectivity index (χ0v) is 7.74. The molecular weight excluding hydrogens is 186 g/mol. The second kappa shape index (κ2) is 3.53. The van der Waals surface area contributed by atoms with Crippen LogP contribution in [0.15, 0.2) is 24.8 Å². The predicted molar refractivity (Wildman–Crippen MR) is 49.6 cm³/mol. The summed E-state index contributed by atoms with van der Waals surface area (Å²) >= 11 is 5.00. The Bertz CT molecular complexity index is 412. The van der Waals surface area contributed by atoms with Gasteiger partial charge in [0.05, 0.1) is 6.54 Å². The van der Waals surface area contributed by atoms with Crippen LogP contribution in [0, 0.1) is 4.77 Å². The molecule has 0 aliphatic heterocycles. The van der Waals surface area contributed by atoms with Gasteiger partial charge in [-0.05, 0) is 18.3 Å². The van der Waals surface area contributed by atoms with Crippen LogP contribution in [0.5, 0.6) is 0 Å². The fourth-order valence-electron chi connectivity index (χ4n) is 1.07. The Morgan fingerprint density at radius 3 is 3.00 bits per heavy atom. The van der Waals surface area contributed by atoms with Crippen molar-refractivity contribution in [3.8, 4) is 0 Å². The van der Waals surface area contributed by atoms with Gasteiger partial charge in [-0.15, -0.1) is 0 Å². The molecule has 6 heteroatoms. The first-order valence-corrected chi connectivity index (χ1v) is 4.34. The van der Waals surface area contributed by atoms with Gasteiger partial charge < -0.3 is 4.57 Å². The van der Waals surface area contributed by atoms with Crippen molar-refractivity contribution in [2.24, 2.45) is 0 Å². The third kappa shape index (κ3) is 1.83. The second-order valence-corrected chi connectivity index (χ2v) is 3.01. The van der Waals surface area contributed by atoms with Crippen molar-refractivity contribution >= 4 is 12.2 Å². The smallest absolute Gasteiger partial charge is 0.195 e. The fraction of sp³-hybridized carbons (Fsp3) is 0.286. The molecule has 68 valence electrons. The number of aromatic nitrogens is 5. The van der Waals surface area contributed by atoms with E-state index in [1.54, 1.807) is 12.5 Å². The van der Waals surface area contributed by atoms with Crippen molar-refractivity contribution in [2.45, 2.75) is 13.1 Å². The molecular formula is C7H9N5S. The summed E-state index contributed by atoms with van der Waals surface area (Å²) in [4.78, 5) is 0. The second-order valence-electron chi connectivity index (χ2n) is 2.62. The minimum Gasteiger partial charge on any atom is -0.305 e. The van der Waals surface area contributed by atoms with Crippen molar-refractivity contribution in [2.75, 3.05) is 0 Å². The summed E-state index contributed by atoms with van der Waals surface area (Å²) in [7, 11) is 0. The first-order valence-electron chi connectivity index (χ1n) is 3.93. The Labute approximate surface area is 80.0 Å². The zero-order valence-electron chi connectivity index (χ0n) is 6.92. The van der Waals surface area contributed by atoms with Crippen LogP contribution >= 0.6 is 12.2 Å². The van der Waals surface area contributed by atoms with Gasteiger partial charge in [0.25, 0.3) is 0 Å². The Kier molecular flexibility index (Phi) is 2.22. The summed E-state index contributed by atoms with van der Waals surface area (Å²) < 4.78 is 4.37. The molecule has 0 aliphatic carbocycles. The maximum absolute atomic E-state index is 5.00. The van der Waals surface area contributed by atoms with Crippen LogP contribution < -0.4 is 0 Å². The number of nitrogens with zero attached hydrogens (tertiary/aromatic N) is 4. The molecule has 0 radical (unpaired) electrons. The maximum Gasteiger partial charge on any atom is 0.195 e. The van der Waals surface area contributed by atoms with Gasteiger partial charge in [0, 0.05) is 18.9 Å². The van der Waals surface area contributed by atoms with Crippen molar-refractivity contribution in [1.29, 1.82) is 0 Å². The Morgan fingerprint density at radius 2 is 2.38 bits per heavy atom. The van der Waals surface area contributed by atoms with E-state index in [4.69, 9.17) is 12.2 Å². The van der Waals surface area contributed by atoms with E-state index in [9.17, 15) is 0 Å². The van der Waals surface area contributed by atoms with Gasteiger partial charge in [0.15, 0.2) is 4.77 Å². The molecule has 0 amide bonds. The zero-order chi connectivity index (χ0) is 9.10. The lowest BCUT2D eigenvalue weighted by atomic mass is 10.6. The number of rotatable bonds is 3. The molecule has 0 aromatic carbocycles. The maximum atomic E-state index is 5.00. The lowest BCUT2D eigenvalue weighted by Gasteiger charge is -2.00. The highest BCUT2D eigenvalue weighted by molar-refractivity contribution is 7.71. The van der Waals surface area contributed by atoms with Gasteiger partial charge in [-0.25, -0.2) is 0 Å². The molecule has 5 nitrogen and oxygen atoms in total. The third-order valence-electron chi connectivity index (χ3n) is 1.75. The first-order chi connectivity index (χ1) is 6.36. The standard InChI is InChI=1S/C7H9N5S/c13-7-10-8-6-11(7)4-5-12-3-1-2-9-12/h1-3,6H,4-5H2,(H,10,13). The van der Waals surface area contributed by atoms with Gasteiger partial charge in [-0.3, -0.25) is 9.78 Å². The Morgan fingerprint density at radius 1 is 1.46 bits per heavy atom. The van der Waals surface area contributed by atoms with E-state index in [1.165, 1.54) is 0 Å². The molecule has 0 bridgehead atoms. The van der Waals surface area contributed by atoms with Crippen molar-refractivity contribution in [3.05, 3.63) is 29.6 Å². The van der Waals surface area contributed by atoms with Crippen LogP contribution in [0.1, 0.15) is 0 Å². The summed E-state index contributed by atoms with van der Waals surface area (Å²) in [6, 6.07) is 1.90. The molecule has 0 saturated heterocycles. The van der Waals surface area contributed by atoms with E-state index in [2.05, 4.69) is 15.3 Å². The highest BCUT2D eigenvalue weighted by Gasteiger charge is 1.94. The average molecular weight is 195 g/mol. The third-order valence-corrected chi connectivity index (χ3v) is 2.07. The molecule has 13 heavy (non-hydrogen) atoms. The number of H-pyrrole nitrogens is 1. The lowest BCUT2D eigenvalue weighted by molar-refractivity contribution is 0.529. The fourth-order valence-corrected chi connectivity index (χ4v) is 1.26. The Hall–Kier alpha value is -1.43. The molecule has 2 heterocycles. The molecule has 2 aromatic rings. The van der Waals surface area contributed by atoms with Crippen LogP contribution in [0.3, 0.4) is 0 Å². The van der Waals surface area contributed by atoms with Gasteiger partial charge in [0.2, 0.25) is 0 Å². The SMILES string of the molecule is S=c1[nH]ncn1CCn1cccn1. The number of aryl methyl sites for hydroxylation is 2. The molecule has 0 fully saturated rings. The Balaban J connectivity index is 2.01. The number of hydrogen-bond acceptors (Lipinski definition) is 3. The first kappa shape index (κ1) is 8.18. The molecule has 0 spiro atoms. The minimum absolute atomic E-state index is 0.646. The molecule has 0 aliphatic rings. The van der Waals surface area contributed by atoms with Crippen molar-refractivity contribution in [3.63, 3.8) is 0 Å². The molecule has 2 rings (SSSR count). The largest absolute Gasteiger partial charge is 0.305 e. The van der Waals surface area contributed by atoms with Gasteiger partial charge in [-0.1, -0.05) is 0 Å². The topological polar surface area (TPSA) is 51.4 Å². The van der Waals surface area contributed by atoms with Gasteiger partial charge in [-0.2, -0.15) is 10.2 Å². The summed E-state index contributed by atoms with van der Waals surface area (Å²) in [6.07, 6.45) is 5.37. The number of aromatic amines is 1. The molecule has 0 saturated carbocycles. The van der Waals surface area contributed by atoms with E-state index in [0.717, 1.165) is 13.1 Å². The lowest BCUT2D eigenvalue weighted by Crippen LogP contribution is -2.06. The highest BCUT2D eigenvalue weighted by atomic mass is 32.1. The van der Waals surface area contributed by atoms with E-state index < -0.39 is 0 Å². The van der Waals surface area contributed by atoms with Crippen LogP contribution in [0.4, 0.5) is 0 Å². The number of hydrogen-bond donors (Lipinski definition) is 1. The van der Waals surface area contributed by atoms with Crippen LogP contribution in [-0.4, -0.2) is 24.5 Å². The molecule has 0 atom stereocenters. The van der Waals surface area contributed by atoms with Crippen LogP contribution in [0.2, 0.25) is 0 Å². The molecule has 1 N–H and O–H groups in total. The summed E-state index contributed by atoms with van der Waals surface area (Å²) in [6.45, 7) is 1.60. The summed E-state index contributed by atoms with van der Waals surface area (Å²) in [5, 5.41) is 10.6. The predicted octanol–water partition coefficient (Wildman–Crippen LogP) is 0.837. The minimum atomic E-state index is 0.646. The monoisotopic (exact) mass is 195 g/mol.